The van der Waals surface area contributed by atoms with E-state index in [0.29, 0.717) is 11.8 Å². The molecule has 1 aliphatic rings. The Kier molecular flexibility index (Phi) is 4.03. The fourth-order valence-electron chi connectivity index (χ4n) is 3.47. The molecule has 4 rings (SSSR count). The van der Waals surface area contributed by atoms with Crippen molar-refractivity contribution < 1.29 is 4.74 Å². The zero-order valence-corrected chi connectivity index (χ0v) is 13.9. The van der Waals surface area contributed by atoms with E-state index in [0.717, 1.165) is 42.8 Å². The molecule has 1 aromatic heterocycles. The second kappa shape index (κ2) is 6.48. The summed E-state index contributed by atoms with van der Waals surface area (Å²) >= 11 is 0. The molecule has 4 nitrogen and oxygen atoms in total. The van der Waals surface area contributed by atoms with Crippen LogP contribution in [0.25, 0.3) is 11.0 Å². The Bertz CT molecular complexity index is 827. The summed E-state index contributed by atoms with van der Waals surface area (Å²) in [5, 5.41) is 0. The maximum atomic E-state index is 5.50. The Hall–Kier alpha value is -2.62. The van der Waals surface area contributed by atoms with E-state index in [2.05, 4.69) is 40.2 Å². The number of nitrogens with zero attached hydrogens (tertiary/aromatic N) is 3. The minimum Gasteiger partial charge on any atom is -0.478 e. The monoisotopic (exact) mass is 319 g/mol. The molecule has 122 valence electrons. The summed E-state index contributed by atoms with van der Waals surface area (Å²) in [6.07, 6.45) is 2.25. The number of methoxy groups -OCH3 is 1. The van der Waals surface area contributed by atoms with Crippen LogP contribution >= 0.6 is 0 Å². The first kappa shape index (κ1) is 14.9. The van der Waals surface area contributed by atoms with Gasteiger partial charge in [0, 0.05) is 13.1 Å². The fraction of sp³-hybridized carbons (Fsp3) is 0.300. The lowest BCUT2D eigenvalue weighted by atomic mass is 9.89. The van der Waals surface area contributed by atoms with Crippen LogP contribution in [0.15, 0.2) is 54.6 Å². The molecule has 0 saturated carbocycles. The summed E-state index contributed by atoms with van der Waals surface area (Å²) in [7, 11) is 1.67. The summed E-state index contributed by atoms with van der Waals surface area (Å²) in [4.78, 5) is 11.7. The van der Waals surface area contributed by atoms with E-state index < -0.39 is 0 Å². The lowest BCUT2D eigenvalue weighted by molar-refractivity contribution is 0.394. The minimum absolute atomic E-state index is 0.617. The second-order valence-electron chi connectivity index (χ2n) is 6.22. The number of rotatable bonds is 3. The molecule has 24 heavy (non-hydrogen) atoms. The van der Waals surface area contributed by atoms with Crippen molar-refractivity contribution in [1.82, 2.24) is 9.97 Å². The first-order valence-corrected chi connectivity index (χ1v) is 8.46. The predicted molar refractivity (Wildman–Crippen MR) is 96.7 cm³/mol. The van der Waals surface area contributed by atoms with Gasteiger partial charge in [-0.1, -0.05) is 42.5 Å². The van der Waals surface area contributed by atoms with Gasteiger partial charge in [-0.05, 0) is 36.5 Å². The van der Waals surface area contributed by atoms with E-state index in [4.69, 9.17) is 9.72 Å². The van der Waals surface area contributed by atoms with Gasteiger partial charge in [0.05, 0.1) is 18.1 Å². The maximum absolute atomic E-state index is 5.50. The van der Waals surface area contributed by atoms with Gasteiger partial charge in [-0.15, -0.1) is 0 Å². The first-order valence-electron chi connectivity index (χ1n) is 8.46. The van der Waals surface area contributed by atoms with Gasteiger partial charge in [0.25, 0.3) is 5.88 Å². The van der Waals surface area contributed by atoms with Gasteiger partial charge in [0.15, 0.2) is 5.82 Å². The van der Waals surface area contributed by atoms with Crippen LogP contribution in [0.5, 0.6) is 5.88 Å². The van der Waals surface area contributed by atoms with Crippen LogP contribution < -0.4 is 9.64 Å². The van der Waals surface area contributed by atoms with Crippen molar-refractivity contribution in [1.29, 1.82) is 0 Å². The molecule has 0 unspecified atom stereocenters. The number of benzene rings is 2. The lowest BCUT2D eigenvalue weighted by Gasteiger charge is -2.33. The van der Waals surface area contributed by atoms with Gasteiger partial charge >= 0.3 is 0 Å². The highest BCUT2D eigenvalue weighted by Gasteiger charge is 2.24. The molecule has 1 fully saturated rings. The van der Waals surface area contributed by atoms with Gasteiger partial charge < -0.3 is 9.64 Å². The zero-order chi connectivity index (χ0) is 16.4. The molecule has 0 radical (unpaired) electrons. The molecule has 0 atom stereocenters. The quantitative estimate of drug-likeness (QED) is 0.731. The third-order valence-corrected chi connectivity index (χ3v) is 4.78. The van der Waals surface area contributed by atoms with Gasteiger partial charge in [-0.25, -0.2) is 9.97 Å². The number of ether oxygens (including phenoxy) is 1. The van der Waals surface area contributed by atoms with Gasteiger partial charge in [-0.3, -0.25) is 0 Å². The molecule has 0 amide bonds. The van der Waals surface area contributed by atoms with Crippen LogP contribution in [0, 0.1) is 0 Å². The van der Waals surface area contributed by atoms with Crippen LogP contribution in [0.2, 0.25) is 0 Å². The van der Waals surface area contributed by atoms with Crippen molar-refractivity contribution in [2.45, 2.75) is 18.8 Å². The van der Waals surface area contributed by atoms with Crippen molar-refractivity contribution >= 4 is 16.9 Å². The third-order valence-electron chi connectivity index (χ3n) is 4.78. The van der Waals surface area contributed by atoms with E-state index in [1.54, 1.807) is 7.11 Å². The van der Waals surface area contributed by atoms with Crippen LogP contribution in [0.4, 0.5) is 5.82 Å². The van der Waals surface area contributed by atoms with Crippen molar-refractivity contribution in [2.24, 2.45) is 0 Å². The molecule has 1 aliphatic heterocycles. The van der Waals surface area contributed by atoms with Crippen molar-refractivity contribution in [3.8, 4) is 5.88 Å². The summed E-state index contributed by atoms with van der Waals surface area (Å²) in [6.45, 7) is 1.95. The van der Waals surface area contributed by atoms with E-state index in [9.17, 15) is 0 Å². The normalized spacial score (nSPS) is 15.6. The average molecular weight is 319 g/mol. The number of fused-ring (bicyclic) bond motifs is 1. The summed E-state index contributed by atoms with van der Waals surface area (Å²) < 4.78 is 5.50. The van der Waals surface area contributed by atoms with Crippen LogP contribution in [-0.2, 0) is 0 Å². The van der Waals surface area contributed by atoms with Crippen molar-refractivity contribution in [2.75, 3.05) is 25.1 Å². The average Bonchev–Trinajstić information content (AvgIpc) is 2.68. The largest absolute Gasteiger partial charge is 0.478 e. The molecule has 2 aromatic carbocycles. The molecule has 0 aliphatic carbocycles. The van der Waals surface area contributed by atoms with E-state index in [1.807, 2.05) is 24.3 Å². The third kappa shape index (κ3) is 2.80. The number of hydrogen-bond acceptors (Lipinski definition) is 4. The number of aromatic nitrogens is 2. The molecule has 2 heterocycles. The number of para-hydroxylation sites is 2. The Morgan fingerprint density at radius 2 is 1.50 bits per heavy atom. The lowest BCUT2D eigenvalue weighted by Crippen LogP contribution is -2.34. The van der Waals surface area contributed by atoms with Crippen molar-refractivity contribution in [3.63, 3.8) is 0 Å². The number of anilines is 1. The topological polar surface area (TPSA) is 38.3 Å². The van der Waals surface area contributed by atoms with E-state index in [1.165, 1.54) is 5.56 Å². The molecule has 3 aromatic rings. The maximum Gasteiger partial charge on any atom is 0.257 e. The van der Waals surface area contributed by atoms with Crippen molar-refractivity contribution in [3.05, 3.63) is 60.2 Å². The van der Waals surface area contributed by atoms with Crippen LogP contribution in [-0.4, -0.2) is 30.2 Å². The number of hydrogen-bond donors (Lipinski definition) is 0. The standard InChI is InChI=1S/C20H21N3O/c1-24-20-19(21-17-9-5-6-10-18(17)22-20)23-13-11-16(12-14-23)15-7-3-2-4-8-15/h2-10,16H,11-14H2,1H3. The Labute approximate surface area is 142 Å². The molecule has 0 N–H and O–H groups in total. The SMILES string of the molecule is COc1nc2ccccc2nc1N1CCC(c2ccccc2)CC1. The van der Waals surface area contributed by atoms with Gasteiger partial charge in [0.1, 0.15) is 0 Å². The molecular formula is C20H21N3O. The molecule has 0 bridgehead atoms. The highest BCUT2D eigenvalue weighted by molar-refractivity contribution is 5.77. The fourth-order valence-corrected chi connectivity index (χ4v) is 3.47. The molecule has 0 spiro atoms. The first-order chi connectivity index (χ1) is 11.8. The summed E-state index contributed by atoms with van der Waals surface area (Å²) in [5.74, 6) is 2.11. The Morgan fingerprint density at radius 3 is 2.17 bits per heavy atom. The van der Waals surface area contributed by atoms with Gasteiger partial charge in [0.2, 0.25) is 0 Å². The smallest absolute Gasteiger partial charge is 0.257 e. The van der Waals surface area contributed by atoms with Gasteiger partial charge in [-0.2, -0.15) is 0 Å². The predicted octanol–water partition coefficient (Wildman–Crippen LogP) is 4.02. The Balaban J connectivity index is 1.58. The van der Waals surface area contributed by atoms with Crippen LogP contribution in [0.1, 0.15) is 24.3 Å². The highest BCUT2D eigenvalue weighted by atomic mass is 16.5. The Morgan fingerprint density at radius 1 is 0.875 bits per heavy atom. The van der Waals surface area contributed by atoms with E-state index >= 15 is 0 Å². The molecule has 1 saturated heterocycles. The minimum atomic E-state index is 0.617. The van der Waals surface area contributed by atoms with E-state index in [-0.39, 0.29) is 0 Å². The summed E-state index contributed by atoms with van der Waals surface area (Å²) in [5.41, 5.74) is 3.23. The number of piperidine rings is 1. The highest BCUT2D eigenvalue weighted by Crippen LogP contribution is 2.33. The molecule has 4 heteroatoms. The second-order valence-corrected chi connectivity index (χ2v) is 6.22. The molecular weight excluding hydrogens is 298 g/mol. The summed E-state index contributed by atoms with van der Waals surface area (Å²) in [6, 6.07) is 18.7. The van der Waals surface area contributed by atoms with Crippen LogP contribution in [0.3, 0.4) is 0 Å². The zero-order valence-electron chi connectivity index (χ0n) is 13.9.